The monoisotopic (exact) mass is 510 g/mol. The van der Waals surface area contributed by atoms with Gasteiger partial charge >= 0.3 is 12.4 Å². The molecule has 3 aromatic rings. The van der Waals surface area contributed by atoms with E-state index < -0.39 is 57.0 Å². The summed E-state index contributed by atoms with van der Waals surface area (Å²) in [4.78, 5) is 0. The second kappa shape index (κ2) is 6.89. The van der Waals surface area contributed by atoms with Gasteiger partial charge < -0.3 is 20.4 Å². The molecule has 10 heteroatoms. The average molecular weight is 510 g/mol. The molecule has 0 radical (unpaired) electrons. The smallest absolute Gasteiger partial charge is 0.381 e. The molecule has 2 aliphatic carbocycles. The summed E-state index contributed by atoms with van der Waals surface area (Å²) < 4.78 is 87.1. The van der Waals surface area contributed by atoms with Gasteiger partial charge in [0.1, 0.15) is 11.2 Å². The van der Waals surface area contributed by atoms with Crippen molar-refractivity contribution in [2.75, 3.05) is 0 Å². The number of aliphatic hydroxyl groups is 4. The van der Waals surface area contributed by atoms with Crippen LogP contribution in [0.15, 0.2) is 60.7 Å². The standard InChI is InChI=1S/C26H20F6O4/c1-21(33)13-7-3-4-8-14(13)22(2,34)18-12-20-19(11-17(18)21)23(35,25(27,28)29)15-9-5-6-10-16(15)24(20,36)26(30,31)32/h3-12,33-36H,1-2H3. The first-order valence-corrected chi connectivity index (χ1v) is 10.8. The Morgan fingerprint density at radius 1 is 0.472 bits per heavy atom. The third kappa shape index (κ3) is 2.75. The molecule has 5 rings (SSSR count). The summed E-state index contributed by atoms with van der Waals surface area (Å²) in [6.45, 7) is 2.46. The Kier molecular flexibility index (Phi) is 4.74. The van der Waals surface area contributed by atoms with Crippen molar-refractivity contribution in [3.63, 3.8) is 0 Å². The van der Waals surface area contributed by atoms with E-state index in [2.05, 4.69) is 0 Å². The van der Waals surface area contributed by atoms with Crippen molar-refractivity contribution in [2.24, 2.45) is 0 Å². The topological polar surface area (TPSA) is 80.9 Å². The van der Waals surface area contributed by atoms with Gasteiger partial charge in [-0.25, -0.2) is 0 Å². The normalized spacial score (nSPS) is 31.2. The lowest BCUT2D eigenvalue weighted by Crippen LogP contribution is -2.56. The Bertz CT molecular complexity index is 1300. The van der Waals surface area contributed by atoms with Crippen LogP contribution >= 0.6 is 0 Å². The maximum absolute atomic E-state index is 14.5. The van der Waals surface area contributed by atoms with E-state index in [0.717, 1.165) is 12.1 Å². The molecule has 0 saturated heterocycles. The first-order valence-electron chi connectivity index (χ1n) is 10.8. The molecule has 190 valence electrons. The Labute approximate surface area is 201 Å². The van der Waals surface area contributed by atoms with Gasteiger partial charge in [0.15, 0.2) is 0 Å². The molecule has 0 fully saturated rings. The number of benzene rings is 3. The van der Waals surface area contributed by atoms with Crippen LogP contribution in [-0.2, 0) is 22.4 Å². The molecule has 0 amide bonds. The zero-order valence-electron chi connectivity index (χ0n) is 18.8. The number of fused-ring (bicyclic) bond motifs is 4. The summed E-state index contributed by atoms with van der Waals surface area (Å²) in [7, 11) is 0. The second-order valence-electron chi connectivity index (χ2n) is 9.60. The molecule has 4 unspecified atom stereocenters. The van der Waals surface area contributed by atoms with Crippen LogP contribution in [0.4, 0.5) is 26.3 Å². The average Bonchev–Trinajstić information content (AvgIpc) is 2.79. The Morgan fingerprint density at radius 3 is 1.03 bits per heavy atom. The fourth-order valence-corrected chi connectivity index (χ4v) is 5.64. The quantitative estimate of drug-likeness (QED) is 0.338. The molecule has 2 aliphatic rings. The van der Waals surface area contributed by atoms with E-state index in [-0.39, 0.29) is 22.3 Å². The van der Waals surface area contributed by atoms with Crippen LogP contribution in [0.25, 0.3) is 0 Å². The van der Waals surface area contributed by atoms with E-state index in [0.29, 0.717) is 24.3 Å². The predicted molar refractivity (Wildman–Crippen MR) is 115 cm³/mol. The number of hydrogen-bond donors (Lipinski definition) is 4. The molecule has 4 N–H and O–H groups in total. The lowest BCUT2D eigenvalue weighted by molar-refractivity contribution is -0.270. The zero-order valence-corrected chi connectivity index (χ0v) is 18.8. The van der Waals surface area contributed by atoms with Crippen molar-refractivity contribution in [3.8, 4) is 0 Å². The van der Waals surface area contributed by atoms with Gasteiger partial charge in [0, 0.05) is 22.3 Å². The fourth-order valence-electron chi connectivity index (χ4n) is 5.64. The van der Waals surface area contributed by atoms with Crippen LogP contribution in [0, 0.1) is 0 Å². The van der Waals surface area contributed by atoms with Crippen LogP contribution in [0.1, 0.15) is 58.4 Å². The van der Waals surface area contributed by atoms with Gasteiger partial charge in [0.05, 0.1) is 0 Å². The molecule has 0 heterocycles. The highest BCUT2D eigenvalue weighted by Gasteiger charge is 2.69. The van der Waals surface area contributed by atoms with Crippen molar-refractivity contribution in [1.29, 1.82) is 0 Å². The molecule has 0 bridgehead atoms. The summed E-state index contributed by atoms with van der Waals surface area (Å²) in [6.07, 6.45) is -11.0. The number of hydrogen-bond acceptors (Lipinski definition) is 4. The summed E-state index contributed by atoms with van der Waals surface area (Å²) in [6, 6.07) is 10.5. The largest absolute Gasteiger partial charge is 0.425 e. The van der Waals surface area contributed by atoms with E-state index in [4.69, 9.17) is 0 Å². The van der Waals surface area contributed by atoms with Crippen LogP contribution in [0.3, 0.4) is 0 Å². The first-order chi connectivity index (χ1) is 16.4. The van der Waals surface area contributed by atoms with Crippen molar-refractivity contribution >= 4 is 0 Å². The first kappa shape index (κ1) is 24.8. The molecule has 4 atom stereocenters. The summed E-state index contributed by atoms with van der Waals surface area (Å²) in [5.74, 6) is 0. The lowest BCUT2D eigenvalue weighted by atomic mass is 9.62. The van der Waals surface area contributed by atoms with Crippen molar-refractivity contribution in [3.05, 3.63) is 105 Å². The lowest BCUT2D eigenvalue weighted by Gasteiger charge is -2.48. The number of halogens is 6. The van der Waals surface area contributed by atoms with E-state index in [1.54, 1.807) is 0 Å². The van der Waals surface area contributed by atoms with Crippen LogP contribution in [0.5, 0.6) is 0 Å². The molecular formula is C26H20F6O4. The molecule has 0 aromatic heterocycles. The SMILES string of the molecule is CC1(O)c2ccccc2C(C)(O)c2cc3c(cc21)C(O)(C(F)(F)F)c1ccccc1C3(O)C(F)(F)F. The molecule has 0 spiro atoms. The molecule has 0 aliphatic heterocycles. The number of alkyl halides is 6. The predicted octanol–water partition coefficient (Wildman–Crippen LogP) is 4.42. The van der Waals surface area contributed by atoms with E-state index in [9.17, 15) is 46.8 Å². The molecule has 36 heavy (non-hydrogen) atoms. The highest BCUT2D eigenvalue weighted by molar-refractivity contribution is 5.65. The molecule has 3 aromatic carbocycles. The van der Waals surface area contributed by atoms with Gasteiger partial charge in [0.25, 0.3) is 0 Å². The minimum Gasteiger partial charge on any atom is -0.381 e. The highest BCUT2D eigenvalue weighted by Crippen LogP contribution is 2.60. The Morgan fingerprint density at radius 2 is 0.750 bits per heavy atom. The van der Waals surface area contributed by atoms with Gasteiger partial charge in [-0.3, -0.25) is 0 Å². The van der Waals surface area contributed by atoms with Gasteiger partial charge in [-0.05, 0) is 48.2 Å². The van der Waals surface area contributed by atoms with Crippen LogP contribution in [-0.4, -0.2) is 32.8 Å². The second-order valence-corrected chi connectivity index (χ2v) is 9.60. The Balaban J connectivity index is 1.99. The maximum Gasteiger partial charge on any atom is 0.425 e. The van der Waals surface area contributed by atoms with E-state index in [1.807, 2.05) is 0 Å². The fraction of sp³-hybridized carbons (Fsp3) is 0.308. The summed E-state index contributed by atoms with van der Waals surface area (Å²) in [5.41, 5.74) is -17.4. The van der Waals surface area contributed by atoms with Crippen molar-refractivity contribution in [1.82, 2.24) is 0 Å². The van der Waals surface area contributed by atoms with Crippen LogP contribution in [0.2, 0.25) is 0 Å². The maximum atomic E-state index is 14.5. The highest BCUT2D eigenvalue weighted by atomic mass is 19.4. The van der Waals surface area contributed by atoms with Gasteiger partial charge in [-0.1, -0.05) is 48.5 Å². The van der Waals surface area contributed by atoms with E-state index >= 15 is 0 Å². The van der Waals surface area contributed by atoms with E-state index in [1.165, 1.54) is 38.1 Å². The third-order valence-electron chi connectivity index (χ3n) is 7.49. The minimum atomic E-state index is -5.51. The molecular weight excluding hydrogens is 490 g/mol. The van der Waals surface area contributed by atoms with Gasteiger partial charge in [0.2, 0.25) is 11.2 Å². The Hall–Kier alpha value is -2.92. The molecule has 0 saturated carbocycles. The van der Waals surface area contributed by atoms with Gasteiger partial charge in [-0.2, -0.15) is 26.3 Å². The van der Waals surface area contributed by atoms with Crippen molar-refractivity contribution < 1.29 is 46.8 Å². The van der Waals surface area contributed by atoms with Crippen molar-refractivity contribution in [2.45, 2.75) is 48.6 Å². The third-order valence-corrected chi connectivity index (χ3v) is 7.49. The summed E-state index contributed by atoms with van der Waals surface area (Å²) >= 11 is 0. The molecule has 4 nitrogen and oxygen atoms in total. The minimum absolute atomic E-state index is 0.125. The number of rotatable bonds is 0. The van der Waals surface area contributed by atoms with Crippen LogP contribution < -0.4 is 0 Å². The van der Waals surface area contributed by atoms with Gasteiger partial charge in [-0.15, -0.1) is 0 Å². The summed E-state index contributed by atoms with van der Waals surface area (Å²) in [5, 5.41) is 45.1. The zero-order chi connectivity index (χ0) is 26.7.